The molecule has 0 aromatic heterocycles. The standard InChI is InChI=1S/C40H29BrN2O7/c41-24-11-18-33(44)31(19-24)36-27-16-17-28-35(39(48)42(38(28)47)25-12-14-26(15-13-25)43(49)50)30(27)20-32-37(46)29(22-7-3-1-4-8-22)21-34(45)40(32,36)23-9-5-2-6-10-23/h1-16,18-19,21,28,30,32,35-36,44H,17,20H2. The van der Waals surface area contributed by atoms with Crippen LogP contribution in [0.15, 0.2) is 125 Å². The van der Waals surface area contributed by atoms with Gasteiger partial charge < -0.3 is 5.11 Å². The monoisotopic (exact) mass is 728 g/mol. The van der Waals surface area contributed by atoms with E-state index < -0.39 is 51.7 Å². The van der Waals surface area contributed by atoms with E-state index in [9.17, 15) is 29.6 Å². The van der Waals surface area contributed by atoms with E-state index >= 15 is 4.79 Å². The van der Waals surface area contributed by atoms with Crippen LogP contribution >= 0.6 is 15.9 Å². The van der Waals surface area contributed by atoms with Gasteiger partial charge in [-0.05, 0) is 66.3 Å². The van der Waals surface area contributed by atoms with Crippen molar-refractivity contribution < 1.29 is 29.2 Å². The minimum Gasteiger partial charge on any atom is -0.508 e. The highest BCUT2D eigenvalue weighted by molar-refractivity contribution is 9.10. The molecule has 4 aromatic rings. The van der Waals surface area contributed by atoms with Crippen molar-refractivity contribution in [3.05, 3.63) is 152 Å². The van der Waals surface area contributed by atoms with Gasteiger partial charge in [0.2, 0.25) is 11.8 Å². The van der Waals surface area contributed by atoms with Crippen molar-refractivity contribution in [2.75, 3.05) is 4.90 Å². The molecule has 1 N–H and O–H groups in total. The molecule has 1 saturated heterocycles. The second kappa shape index (κ2) is 11.8. The van der Waals surface area contributed by atoms with Crippen molar-refractivity contribution in [3.63, 3.8) is 0 Å². The summed E-state index contributed by atoms with van der Waals surface area (Å²) >= 11 is 3.55. The number of halogens is 1. The first-order valence-corrected chi connectivity index (χ1v) is 17.1. The number of anilines is 1. The van der Waals surface area contributed by atoms with Gasteiger partial charge in [0.05, 0.1) is 27.9 Å². The zero-order chi connectivity index (χ0) is 34.9. The molecule has 248 valence electrons. The number of phenols is 1. The van der Waals surface area contributed by atoms with Crippen molar-refractivity contribution >= 4 is 56.3 Å². The Morgan fingerprint density at radius 1 is 0.840 bits per heavy atom. The van der Waals surface area contributed by atoms with Gasteiger partial charge in [-0.3, -0.25) is 34.2 Å². The highest BCUT2D eigenvalue weighted by atomic mass is 79.9. The van der Waals surface area contributed by atoms with Crippen molar-refractivity contribution in [1.29, 1.82) is 0 Å². The Bertz CT molecular complexity index is 2180. The Labute approximate surface area is 295 Å². The number of rotatable bonds is 5. The fourth-order valence-electron chi connectivity index (χ4n) is 8.95. The normalized spacial score (nSPS) is 27.2. The number of carbonyl (C=O) groups excluding carboxylic acids is 4. The fraction of sp³-hybridized carbons (Fsp3) is 0.200. The second-order valence-corrected chi connectivity index (χ2v) is 14.2. The summed E-state index contributed by atoms with van der Waals surface area (Å²) in [5.74, 6) is -5.46. The van der Waals surface area contributed by atoms with E-state index in [2.05, 4.69) is 15.9 Å². The summed E-state index contributed by atoms with van der Waals surface area (Å²) in [4.78, 5) is 70.3. The first-order chi connectivity index (χ1) is 24.1. The zero-order valence-electron chi connectivity index (χ0n) is 26.4. The van der Waals surface area contributed by atoms with Crippen LogP contribution in [0.2, 0.25) is 0 Å². The van der Waals surface area contributed by atoms with Crippen LogP contribution in [0.4, 0.5) is 11.4 Å². The van der Waals surface area contributed by atoms with E-state index in [-0.39, 0.29) is 47.1 Å². The van der Waals surface area contributed by atoms with Gasteiger partial charge in [-0.25, -0.2) is 0 Å². The van der Waals surface area contributed by atoms with Crippen LogP contribution < -0.4 is 4.90 Å². The number of hydrogen-bond donors (Lipinski definition) is 1. The molecule has 1 heterocycles. The first kappa shape index (κ1) is 31.8. The number of phenolic OH excluding ortho intramolecular Hbond substituents is 1. The predicted octanol–water partition coefficient (Wildman–Crippen LogP) is 7.09. The maximum Gasteiger partial charge on any atom is 0.269 e. The largest absolute Gasteiger partial charge is 0.508 e. The van der Waals surface area contributed by atoms with E-state index in [0.717, 1.165) is 10.5 Å². The molecule has 4 aromatic carbocycles. The lowest BCUT2D eigenvalue weighted by Gasteiger charge is -2.55. The number of aromatic hydroxyl groups is 1. The predicted molar refractivity (Wildman–Crippen MR) is 188 cm³/mol. The lowest BCUT2D eigenvalue weighted by molar-refractivity contribution is -0.384. The molecule has 0 spiro atoms. The van der Waals surface area contributed by atoms with Crippen LogP contribution in [0.25, 0.3) is 5.57 Å². The molecular weight excluding hydrogens is 700 g/mol. The molecule has 10 heteroatoms. The molecule has 4 aliphatic rings. The van der Waals surface area contributed by atoms with Gasteiger partial charge in [0.15, 0.2) is 11.6 Å². The molecule has 6 unspecified atom stereocenters. The van der Waals surface area contributed by atoms with Gasteiger partial charge in [0.1, 0.15) is 5.75 Å². The van der Waals surface area contributed by atoms with Gasteiger partial charge >= 0.3 is 0 Å². The van der Waals surface area contributed by atoms with Crippen molar-refractivity contribution in [2.24, 2.45) is 23.7 Å². The van der Waals surface area contributed by atoms with Crippen LogP contribution in [0.3, 0.4) is 0 Å². The number of allylic oxidation sites excluding steroid dienone is 4. The zero-order valence-corrected chi connectivity index (χ0v) is 28.0. The quantitative estimate of drug-likeness (QED) is 0.100. The van der Waals surface area contributed by atoms with Gasteiger partial charge in [-0.2, -0.15) is 0 Å². The van der Waals surface area contributed by atoms with Crippen molar-refractivity contribution in [1.82, 2.24) is 0 Å². The van der Waals surface area contributed by atoms with E-state index in [4.69, 9.17) is 0 Å². The van der Waals surface area contributed by atoms with E-state index in [0.29, 0.717) is 21.2 Å². The topological polar surface area (TPSA) is 135 Å². The van der Waals surface area contributed by atoms with Gasteiger partial charge in [-0.1, -0.05) is 88.2 Å². The third kappa shape index (κ3) is 4.58. The number of amides is 2. The lowest BCUT2D eigenvalue weighted by Crippen LogP contribution is -2.58. The average molecular weight is 730 g/mol. The van der Waals surface area contributed by atoms with Crippen molar-refractivity contribution in [3.8, 4) is 5.75 Å². The van der Waals surface area contributed by atoms with Crippen molar-refractivity contribution in [2.45, 2.75) is 24.2 Å². The molecule has 6 atom stereocenters. The van der Waals surface area contributed by atoms with E-state index in [1.54, 1.807) is 42.5 Å². The summed E-state index contributed by atoms with van der Waals surface area (Å²) < 4.78 is 0.660. The summed E-state index contributed by atoms with van der Waals surface area (Å²) in [5, 5.41) is 22.8. The molecule has 8 rings (SSSR count). The summed E-state index contributed by atoms with van der Waals surface area (Å²) in [6.45, 7) is 0. The summed E-state index contributed by atoms with van der Waals surface area (Å²) in [6.07, 6.45) is 3.69. The lowest BCUT2D eigenvalue weighted by atomic mass is 9.44. The van der Waals surface area contributed by atoms with Crippen LogP contribution in [-0.4, -0.2) is 33.4 Å². The number of hydrogen-bond acceptors (Lipinski definition) is 7. The molecule has 9 nitrogen and oxygen atoms in total. The maximum atomic E-state index is 15.1. The van der Waals surface area contributed by atoms with Gasteiger partial charge in [0.25, 0.3) is 5.69 Å². The number of ketones is 2. The average Bonchev–Trinajstić information content (AvgIpc) is 3.39. The maximum absolute atomic E-state index is 15.1. The van der Waals surface area contributed by atoms with Gasteiger partial charge in [0, 0.05) is 39.6 Å². The molecule has 0 bridgehead atoms. The van der Waals surface area contributed by atoms with E-state index in [1.807, 2.05) is 42.5 Å². The number of nitro groups is 1. The molecular formula is C40H29BrN2O7. The Morgan fingerprint density at radius 2 is 1.52 bits per heavy atom. The number of non-ortho nitro benzene ring substituents is 1. The number of nitrogens with zero attached hydrogens (tertiary/aromatic N) is 2. The van der Waals surface area contributed by atoms with Crippen LogP contribution in [0.1, 0.15) is 35.4 Å². The Balaban J connectivity index is 1.34. The Hall–Kier alpha value is -5.48. The van der Waals surface area contributed by atoms with Gasteiger partial charge in [-0.15, -0.1) is 0 Å². The minimum absolute atomic E-state index is 0.0599. The number of benzene rings is 4. The molecule has 1 aliphatic heterocycles. The first-order valence-electron chi connectivity index (χ1n) is 16.3. The van der Waals surface area contributed by atoms with Crippen LogP contribution in [0.5, 0.6) is 5.75 Å². The number of carbonyl (C=O) groups is 4. The SMILES string of the molecule is O=C1C(c2ccccc2)=CC(=O)C2(c3ccccc3)C1CC1C(=CCC3C(=O)N(c4ccc([N+](=O)[O-])cc4)C(=O)C31)C2c1cc(Br)ccc1O. The second-order valence-electron chi connectivity index (χ2n) is 13.3. The third-order valence-electron chi connectivity index (χ3n) is 11.0. The summed E-state index contributed by atoms with van der Waals surface area (Å²) in [7, 11) is 0. The number of fused-ring (bicyclic) bond motifs is 4. The number of nitro benzene ring substituents is 1. The number of Topliss-reactive ketones (excluding diaryl/α,β-unsaturated/α-hetero) is 1. The molecule has 3 aliphatic carbocycles. The smallest absolute Gasteiger partial charge is 0.269 e. The summed E-state index contributed by atoms with van der Waals surface area (Å²) in [6, 6.07) is 28.5. The molecule has 1 saturated carbocycles. The van der Waals surface area contributed by atoms with E-state index in [1.165, 1.54) is 30.3 Å². The molecule has 0 radical (unpaired) electrons. The third-order valence-corrected chi connectivity index (χ3v) is 11.5. The highest BCUT2D eigenvalue weighted by Gasteiger charge is 2.66. The number of imide groups is 1. The van der Waals surface area contributed by atoms with Crippen LogP contribution in [0, 0.1) is 33.8 Å². The fourth-order valence-corrected chi connectivity index (χ4v) is 9.33. The Morgan fingerprint density at radius 3 is 2.20 bits per heavy atom. The summed E-state index contributed by atoms with van der Waals surface area (Å²) in [5.41, 5.74) is 1.27. The molecule has 50 heavy (non-hydrogen) atoms. The highest BCUT2D eigenvalue weighted by Crippen LogP contribution is 2.64. The molecule has 2 amide bonds. The molecule has 2 fully saturated rings. The Kier molecular flexibility index (Phi) is 7.52. The minimum atomic E-state index is -1.46. The van der Waals surface area contributed by atoms with Crippen LogP contribution in [-0.2, 0) is 24.6 Å².